The highest BCUT2D eigenvalue weighted by molar-refractivity contribution is 5.91. The van der Waals surface area contributed by atoms with Crippen LogP contribution in [-0.4, -0.2) is 29.5 Å². The van der Waals surface area contributed by atoms with E-state index in [4.69, 9.17) is 0 Å². The van der Waals surface area contributed by atoms with E-state index >= 15 is 0 Å². The number of methoxy groups -OCH3 is 1. The van der Waals surface area contributed by atoms with Gasteiger partial charge in [0.05, 0.1) is 13.7 Å². The van der Waals surface area contributed by atoms with Crippen molar-refractivity contribution in [3.05, 3.63) is 11.8 Å². The highest BCUT2D eigenvalue weighted by Gasteiger charge is 2.21. The molecule has 0 saturated heterocycles. The zero-order valence-corrected chi connectivity index (χ0v) is 8.24. The van der Waals surface area contributed by atoms with E-state index in [0.717, 1.165) is 6.20 Å². The minimum Gasteiger partial charge on any atom is -0.479 e. The van der Waals surface area contributed by atoms with E-state index in [1.165, 1.54) is 7.11 Å². The molecular formula is C8H10F2N2O3. The molecular weight excluding hydrogens is 210 g/mol. The molecule has 0 aliphatic rings. The summed E-state index contributed by atoms with van der Waals surface area (Å²) in [5.74, 6) is -0.907. The lowest BCUT2D eigenvalue weighted by Gasteiger charge is -1.99. The number of halogens is 2. The Hall–Kier alpha value is -1.66. The van der Waals surface area contributed by atoms with Gasteiger partial charge in [-0.2, -0.15) is 8.78 Å². The third-order valence-corrected chi connectivity index (χ3v) is 1.59. The van der Waals surface area contributed by atoms with Gasteiger partial charge in [0, 0.05) is 6.20 Å². The van der Waals surface area contributed by atoms with Gasteiger partial charge in [-0.25, -0.2) is 9.48 Å². The first-order chi connectivity index (χ1) is 7.10. The number of alkyl halides is 2. The molecule has 7 heteroatoms. The van der Waals surface area contributed by atoms with Crippen LogP contribution in [0.25, 0.3) is 0 Å². The molecule has 0 amide bonds. The van der Waals surface area contributed by atoms with E-state index in [-0.39, 0.29) is 18.1 Å². The Balaban J connectivity index is 3.00. The van der Waals surface area contributed by atoms with Crippen LogP contribution < -0.4 is 4.74 Å². The molecule has 15 heavy (non-hydrogen) atoms. The number of carbonyl (C=O) groups is 1. The van der Waals surface area contributed by atoms with Gasteiger partial charge in [0.25, 0.3) is 0 Å². The number of rotatable bonds is 4. The molecule has 1 aromatic rings. The monoisotopic (exact) mass is 220 g/mol. The average molecular weight is 220 g/mol. The normalized spacial score (nSPS) is 10.5. The predicted molar refractivity (Wildman–Crippen MR) is 46.0 cm³/mol. The lowest BCUT2D eigenvalue weighted by molar-refractivity contribution is 0.0516. The summed E-state index contributed by atoms with van der Waals surface area (Å²) < 4.78 is 34.1. The van der Waals surface area contributed by atoms with Gasteiger partial charge in [0.2, 0.25) is 5.88 Å². The van der Waals surface area contributed by atoms with E-state index in [2.05, 4.69) is 14.6 Å². The predicted octanol–water partition coefficient (Wildman–Crippen LogP) is 1.46. The largest absolute Gasteiger partial charge is 0.479 e. The standard InChI is InChI=1S/C8H10F2N2O3/c1-3-15-7(13)5-4-12(8(9)10)11-6(5)14-2/h4,8H,3H2,1-2H3. The first-order valence-electron chi connectivity index (χ1n) is 4.18. The molecule has 1 heterocycles. The zero-order chi connectivity index (χ0) is 11.4. The second kappa shape index (κ2) is 4.72. The molecule has 1 rings (SSSR count). The van der Waals surface area contributed by atoms with Gasteiger partial charge in [-0.15, -0.1) is 5.10 Å². The molecule has 0 unspecified atom stereocenters. The number of esters is 1. The molecule has 1 aromatic heterocycles. The van der Waals surface area contributed by atoms with Gasteiger partial charge in [-0.05, 0) is 6.92 Å². The number of hydrogen-bond donors (Lipinski definition) is 0. The summed E-state index contributed by atoms with van der Waals surface area (Å²) in [5, 5.41) is 3.38. The van der Waals surface area contributed by atoms with Crippen LogP contribution in [0.3, 0.4) is 0 Å². The number of ether oxygens (including phenoxy) is 2. The number of hydrogen-bond acceptors (Lipinski definition) is 4. The van der Waals surface area contributed by atoms with Crippen molar-refractivity contribution >= 4 is 5.97 Å². The SMILES string of the molecule is CCOC(=O)c1cn(C(F)F)nc1OC. The summed E-state index contributed by atoms with van der Waals surface area (Å²) in [7, 11) is 1.24. The van der Waals surface area contributed by atoms with E-state index in [9.17, 15) is 13.6 Å². The van der Waals surface area contributed by atoms with Crippen LogP contribution in [0.15, 0.2) is 6.20 Å². The van der Waals surface area contributed by atoms with Crippen molar-refractivity contribution in [1.29, 1.82) is 0 Å². The highest BCUT2D eigenvalue weighted by Crippen LogP contribution is 2.20. The molecule has 0 fully saturated rings. The smallest absolute Gasteiger partial charge is 0.345 e. The van der Waals surface area contributed by atoms with Crippen molar-refractivity contribution in [3.8, 4) is 5.88 Å². The quantitative estimate of drug-likeness (QED) is 0.721. The van der Waals surface area contributed by atoms with Crippen LogP contribution in [0, 0.1) is 0 Å². The van der Waals surface area contributed by atoms with Crippen LogP contribution in [0.1, 0.15) is 23.8 Å². The average Bonchev–Trinajstić information content (AvgIpc) is 2.61. The Bertz CT molecular complexity index is 352. The molecule has 0 bridgehead atoms. The Kier molecular flexibility index (Phi) is 3.59. The second-order valence-electron chi connectivity index (χ2n) is 2.53. The first-order valence-corrected chi connectivity index (χ1v) is 4.18. The Morgan fingerprint density at radius 2 is 2.33 bits per heavy atom. The van der Waals surface area contributed by atoms with Gasteiger partial charge in [-0.1, -0.05) is 0 Å². The molecule has 0 aliphatic carbocycles. The molecule has 0 atom stereocenters. The minimum absolute atomic E-state index is 0.111. The minimum atomic E-state index is -2.82. The lowest BCUT2D eigenvalue weighted by Crippen LogP contribution is -2.05. The Labute approximate surface area is 84.6 Å². The molecule has 0 spiro atoms. The van der Waals surface area contributed by atoms with Crippen molar-refractivity contribution in [2.75, 3.05) is 13.7 Å². The topological polar surface area (TPSA) is 53.4 Å². The number of nitrogens with zero attached hydrogens (tertiary/aromatic N) is 2. The summed E-state index contributed by atoms with van der Waals surface area (Å²) >= 11 is 0. The van der Waals surface area contributed by atoms with Gasteiger partial charge in [-0.3, -0.25) is 0 Å². The fourth-order valence-electron chi connectivity index (χ4n) is 0.975. The Morgan fingerprint density at radius 1 is 1.67 bits per heavy atom. The first kappa shape index (κ1) is 11.4. The lowest BCUT2D eigenvalue weighted by atomic mass is 10.3. The molecule has 0 N–H and O–H groups in total. The number of aromatic nitrogens is 2. The van der Waals surface area contributed by atoms with Crippen LogP contribution in [-0.2, 0) is 4.74 Å². The fourth-order valence-corrected chi connectivity index (χ4v) is 0.975. The van der Waals surface area contributed by atoms with Crippen LogP contribution >= 0.6 is 0 Å². The third kappa shape index (κ3) is 2.42. The Morgan fingerprint density at radius 3 is 2.80 bits per heavy atom. The van der Waals surface area contributed by atoms with Gasteiger partial charge < -0.3 is 9.47 Å². The summed E-state index contributed by atoms with van der Waals surface area (Å²) in [6.07, 6.45) is 0.890. The maximum Gasteiger partial charge on any atom is 0.345 e. The number of carbonyl (C=O) groups excluding carboxylic acids is 1. The van der Waals surface area contributed by atoms with E-state index in [0.29, 0.717) is 4.68 Å². The van der Waals surface area contributed by atoms with E-state index in [1.807, 2.05) is 0 Å². The van der Waals surface area contributed by atoms with Crippen molar-refractivity contribution < 1.29 is 23.0 Å². The van der Waals surface area contributed by atoms with Crippen molar-refractivity contribution in [1.82, 2.24) is 9.78 Å². The summed E-state index contributed by atoms with van der Waals surface area (Å²) in [5.41, 5.74) is -0.111. The second-order valence-corrected chi connectivity index (χ2v) is 2.53. The van der Waals surface area contributed by atoms with Crippen molar-refractivity contribution in [2.45, 2.75) is 13.5 Å². The molecule has 0 aromatic carbocycles. The summed E-state index contributed by atoms with van der Waals surface area (Å²) in [6.45, 7) is -1.05. The third-order valence-electron chi connectivity index (χ3n) is 1.59. The molecule has 0 aliphatic heterocycles. The highest BCUT2D eigenvalue weighted by atomic mass is 19.3. The van der Waals surface area contributed by atoms with Crippen molar-refractivity contribution in [2.24, 2.45) is 0 Å². The zero-order valence-electron chi connectivity index (χ0n) is 8.24. The van der Waals surface area contributed by atoms with E-state index in [1.54, 1.807) is 6.92 Å². The van der Waals surface area contributed by atoms with Gasteiger partial charge >= 0.3 is 12.5 Å². The molecule has 0 saturated carbocycles. The maximum atomic E-state index is 12.2. The molecule has 0 radical (unpaired) electrons. The van der Waals surface area contributed by atoms with Crippen LogP contribution in [0.4, 0.5) is 8.78 Å². The van der Waals surface area contributed by atoms with Crippen LogP contribution in [0.2, 0.25) is 0 Å². The maximum absolute atomic E-state index is 12.2. The summed E-state index contributed by atoms with van der Waals surface area (Å²) in [4.78, 5) is 11.3. The van der Waals surface area contributed by atoms with Gasteiger partial charge in [0.1, 0.15) is 5.56 Å². The van der Waals surface area contributed by atoms with E-state index < -0.39 is 12.5 Å². The molecule has 5 nitrogen and oxygen atoms in total. The molecule has 84 valence electrons. The summed E-state index contributed by atoms with van der Waals surface area (Å²) in [6, 6.07) is 0. The van der Waals surface area contributed by atoms with Gasteiger partial charge in [0.15, 0.2) is 0 Å². The fraction of sp³-hybridized carbons (Fsp3) is 0.500. The van der Waals surface area contributed by atoms with Crippen LogP contribution in [0.5, 0.6) is 5.88 Å². The van der Waals surface area contributed by atoms with Crippen molar-refractivity contribution in [3.63, 3.8) is 0 Å².